The van der Waals surface area contributed by atoms with E-state index in [1.54, 1.807) is 19.1 Å². The lowest BCUT2D eigenvalue weighted by atomic mass is 10.2. The van der Waals surface area contributed by atoms with Gasteiger partial charge in [0.2, 0.25) is 0 Å². The number of hydrogen-bond acceptors (Lipinski definition) is 4. The van der Waals surface area contributed by atoms with Gasteiger partial charge in [0.25, 0.3) is 11.6 Å². The molecule has 0 aromatic heterocycles. The molecule has 0 spiro atoms. The number of carbonyl (C=O) groups is 1. The Kier molecular flexibility index (Phi) is 5.30. The van der Waals surface area contributed by atoms with E-state index in [9.17, 15) is 14.9 Å². The summed E-state index contributed by atoms with van der Waals surface area (Å²) in [7, 11) is 0. The Hall–Kier alpha value is -2.89. The van der Waals surface area contributed by atoms with E-state index in [0.29, 0.717) is 11.4 Å². The smallest absolute Gasteiger partial charge is 0.271 e. The van der Waals surface area contributed by atoms with Crippen LogP contribution in [0.15, 0.2) is 42.5 Å². The molecule has 6 heteroatoms. The van der Waals surface area contributed by atoms with Crippen molar-refractivity contribution >= 4 is 17.3 Å². The molecule has 0 aliphatic rings. The Bertz CT molecular complexity index is 728. The van der Waals surface area contributed by atoms with Gasteiger partial charge in [0.1, 0.15) is 5.75 Å². The van der Waals surface area contributed by atoms with E-state index in [2.05, 4.69) is 5.32 Å². The molecular formula is C17H18N2O4. The second-order valence-electron chi connectivity index (χ2n) is 5.09. The van der Waals surface area contributed by atoms with E-state index in [0.717, 1.165) is 17.5 Å². The first-order valence-electron chi connectivity index (χ1n) is 7.26. The molecule has 0 atom stereocenters. The van der Waals surface area contributed by atoms with Gasteiger partial charge in [0.15, 0.2) is 6.61 Å². The standard InChI is InChI=1S/C17H18N2O4/c1-3-13-5-4-6-15(9-13)23-11-17(20)18-16-10-14(19(21)22)8-7-12(16)2/h4-10H,3,11H2,1-2H3,(H,18,20). The summed E-state index contributed by atoms with van der Waals surface area (Å²) in [4.78, 5) is 22.3. The van der Waals surface area contributed by atoms with Crippen LogP contribution in [-0.4, -0.2) is 17.4 Å². The highest BCUT2D eigenvalue weighted by molar-refractivity contribution is 5.93. The van der Waals surface area contributed by atoms with Crippen LogP contribution in [0.4, 0.5) is 11.4 Å². The van der Waals surface area contributed by atoms with Gasteiger partial charge in [-0.25, -0.2) is 0 Å². The molecule has 0 fully saturated rings. The minimum atomic E-state index is -0.498. The van der Waals surface area contributed by atoms with Crippen molar-refractivity contribution in [2.75, 3.05) is 11.9 Å². The van der Waals surface area contributed by atoms with E-state index in [-0.39, 0.29) is 18.2 Å². The molecule has 6 nitrogen and oxygen atoms in total. The molecule has 23 heavy (non-hydrogen) atoms. The number of rotatable bonds is 6. The number of ether oxygens (including phenoxy) is 1. The van der Waals surface area contributed by atoms with Gasteiger partial charge in [-0.05, 0) is 36.6 Å². The summed E-state index contributed by atoms with van der Waals surface area (Å²) in [6.07, 6.45) is 0.885. The Morgan fingerprint density at radius 1 is 1.26 bits per heavy atom. The van der Waals surface area contributed by atoms with Crippen molar-refractivity contribution < 1.29 is 14.5 Å². The number of benzene rings is 2. The fraction of sp³-hybridized carbons (Fsp3) is 0.235. The van der Waals surface area contributed by atoms with Crippen LogP contribution in [0.5, 0.6) is 5.75 Å². The monoisotopic (exact) mass is 314 g/mol. The van der Waals surface area contributed by atoms with Gasteiger partial charge >= 0.3 is 0 Å². The van der Waals surface area contributed by atoms with E-state index in [1.165, 1.54) is 12.1 Å². The molecule has 0 radical (unpaired) electrons. The van der Waals surface area contributed by atoms with Gasteiger partial charge in [-0.3, -0.25) is 14.9 Å². The number of amides is 1. The number of hydrogen-bond donors (Lipinski definition) is 1. The molecular weight excluding hydrogens is 296 g/mol. The molecule has 0 aliphatic carbocycles. The minimum absolute atomic E-state index is 0.0672. The molecule has 0 aliphatic heterocycles. The van der Waals surface area contributed by atoms with Gasteiger partial charge in [0.05, 0.1) is 10.6 Å². The lowest BCUT2D eigenvalue weighted by molar-refractivity contribution is -0.384. The highest BCUT2D eigenvalue weighted by Crippen LogP contribution is 2.22. The van der Waals surface area contributed by atoms with Crippen molar-refractivity contribution in [2.45, 2.75) is 20.3 Å². The first-order chi connectivity index (χ1) is 11.0. The van der Waals surface area contributed by atoms with E-state index in [4.69, 9.17) is 4.74 Å². The SMILES string of the molecule is CCc1cccc(OCC(=O)Nc2cc([N+](=O)[O-])ccc2C)c1. The van der Waals surface area contributed by atoms with Crippen molar-refractivity contribution in [3.05, 3.63) is 63.7 Å². The largest absolute Gasteiger partial charge is 0.484 e. The summed E-state index contributed by atoms with van der Waals surface area (Å²) in [5.74, 6) is 0.255. The van der Waals surface area contributed by atoms with Crippen LogP contribution in [0.25, 0.3) is 0 Å². The van der Waals surface area contributed by atoms with E-state index < -0.39 is 4.92 Å². The maximum Gasteiger partial charge on any atom is 0.271 e. The molecule has 0 heterocycles. The molecule has 2 aromatic carbocycles. The molecule has 0 bridgehead atoms. The first-order valence-corrected chi connectivity index (χ1v) is 7.26. The van der Waals surface area contributed by atoms with Crippen molar-refractivity contribution in [1.82, 2.24) is 0 Å². The number of anilines is 1. The first kappa shape index (κ1) is 16.5. The zero-order valence-corrected chi connectivity index (χ0v) is 13.0. The average molecular weight is 314 g/mol. The van der Waals surface area contributed by atoms with Crippen LogP contribution in [0.2, 0.25) is 0 Å². The second kappa shape index (κ2) is 7.40. The third-order valence-electron chi connectivity index (χ3n) is 3.38. The third kappa shape index (κ3) is 4.54. The number of non-ortho nitro benzene ring substituents is 1. The molecule has 0 unspecified atom stereocenters. The number of nitrogens with one attached hydrogen (secondary N) is 1. The highest BCUT2D eigenvalue weighted by atomic mass is 16.6. The fourth-order valence-electron chi connectivity index (χ4n) is 2.05. The number of nitro groups is 1. The molecule has 1 amide bonds. The van der Waals surface area contributed by atoms with E-state index in [1.807, 2.05) is 25.1 Å². The average Bonchev–Trinajstić information content (AvgIpc) is 2.55. The Labute approximate surface area is 134 Å². The van der Waals surface area contributed by atoms with Crippen molar-refractivity contribution in [3.63, 3.8) is 0 Å². The third-order valence-corrected chi connectivity index (χ3v) is 3.38. The molecule has 2 rings (SSSR count). The molecule has 120 valence electrons. The summed E-state index contributed by atoms with van der Waals surface area (Å²) in [6.45, 7) is 3.65. The van der Waals surface area contributed by atoms with Gasteiger partial charge in [-0.2, -0.15) is 0 Å². The van der Waals surface area contributed by atoms with Crippen LogP contribution in [0.1, 0.15) is 18.1 Å². The summed E-state index contributed by atoms with van der Waals surface area (Å²) in [5.41, 5.74) is 2.21. The van der Waals surface area contributed by atoms with Gasteiger partial charge in [-0.15, -0.1) is 0 Å². The maximum absolute atomic E-state index is 12.0. The molecule has 0 saturated carbocycles. The van der Waals surface area contributed by atoms with Gasteiger partial charge < -0.3 is 10.1 Å². The predicted molar refractivity (Wildman–Crippen MR) is 87.8 cm³/mol. The molecule has 0 saturated heterocycles. The Morgan fingerprint density at radius 2 is 2.04 bits per heavy atom. The molecule has 2 aromatic rings. The van der Waals surface area contributed by atoms with Gasteiger partial charge in [0, 0.05) is 12.1 Å². The number of aryl methyl sites for hydroxylation is 2. The lowest BCUT2D eigenvalue weighted by Crippen LogP contribution is -2.20. The van der Waals surface area contributed by atoms with Crippen LogP contribution in [0.3, 0.4) is 0 Å². The van der Waals surface area contributed by atoms with Crippen LogP contribution >= 0.6 is 0 Å². The zero-order chi connectivity index (χ0) is 16.8. The summed E-state index contributed by atoms with van der Waals surface area (Å²) < 4.78 is 5.45. The van der Waals surface area contributed by atoms with Gasteiger partial charge in [-0.1, -0.05) is 25.1 Å². The number of nitrogens with zero attached hydrogens (tertiary/aromatic N) is 1. The topological polar surface area (TPSA) is 81.5 Å². The van der Waals surface area contributed by atoms with Crippen molar-refractivity contribution in [1.29, 1.82) is 0 Å². The summed E-state index contributed by atoms with van der Waals surface area (Å²) in [5, 5.41) is 13.4. The van der Waals surface area contributed by atoms with Crippen molar-refractivity contribution in [3.8, 4) is 5.75 Å². The quantitative estimate of drug-likeness (QED) is 0.653. The Morgan fingerprint density at radius 3 is 2.74 bits per heavy atom. The van der Waals surface area contributed by atoms with Crippen molar-refractivity contribution in [2.24, 2.45) is 0 Å². The van der Waals surface area contributed by atoms with Crippen LogP contribution in [0, 0.1) is 17.0 Å². The predicted octanol–water partition coefficient (Wildman–Crippen LogP) is 3.48. The fourth-order valence-corrected chi connectivity index (χ4v) is 2.05. The van der Waals surface area contributed by atoms with Crippen LogP contribution in [-0.2, 0) is 11.2 Å². The number of carbonyl (C=O) groups excluding carboxylic acids is 1. The lowest BCUT2D eigenvalue weighted by Gasteiger charge is -2.10. The second-order valence-corrected chi connectivity index (χ2v) is 5.09. The summed E-state index contributed by atoms with van der Waals surface area (Å²) >= 11 is 0. The molecule has 1 N–H and O–H groups in total. The zero-order valence-electron chi connectivity index (χ0n) is 13.0. The minimum Gasteiger partial charge on any atom is -0.484 e. The summed E-state index contributed by atoms with van der Waals surface area (Å²) in [6, 6.07) is 11.9. The number of nitro benzene ring substituents is 1. The highest BCUT2D eigenvalue weighted by Gasteiger charge is 2.11. The maximum atomic E-state index is 12.0. The van der Waals surface area contributed by atoms with Crippen LogP contribution < -0.4 is 10.1 Å². The Balaban J connectivity index is 1.99. The normalized spacial score (nSPS) is 10.2. The van der Waals surface area contributed by atoms with E-state index >= 15 is 0 Å².